The molecule has 3 aromatic rings. The number of imide groups is 2. The normalized spacial score (nSPS) is 19.6. The van der Waals surface area contributed by atoms with Crippen LogP contribution in [0.4, 0.5) is 5.82 Å². The van der Waals surface area contributed by atoms with Gasteiger partial charge < -0.3 is 24.8 Å². The first kappa shape index (κ1) is 48.9. The summed E-state index contributed by atoms with van der Waals surface area (Å²) in [6.45, 7) is 7.50. The van der Waals surface area contributed by atoms with Crippen LogP contribution in [-0.2, 0) is 19.2 Å². The van der Waals surface area contributed by atoms with E-state index < -0.39 is 29.7 Å². The number of likely N-dealkylation sites (tertiary alicyclic amines) is 1. The van der Waals surface area contributed by atoms with Crippen LogP contribution >= 0.6 is 0 Å². The highest BCUT2D eigenvalue weighted by Crippen LogP contribution is 2.34. The summed E-state index contributed by atoms with van der Waals surface area (Å²) in [5, 5.41) is 5.17. The van der Waals surface area contributed by atoms with E-state index in [2.05, 4.69) is 25.4 Å². The molecule has 8 rings (SSSR count). The third kappa shape index (κ3) is 12.6. The smallest absolute Gasteiger partial charge is 0.266 e. The van der Waals surface area contributed by atoms with Gasteiger partial charge in [0.05, 0.1) is 23.3 Å². The molecule has 0 bridgehead atoms. The standard InChI is InChI=1S/C52H65N9O8/c62-45(18-14-38-10-8-24-53-35-38)54-25-5-4-9-37-20-26-60(27-21-37)50(66)39-15-17-44(55-36-39)58-28-22-40(23-29-58)57-30-32-59(33-31-57)47(64)13-3-1-2-6-34-69-43-12-7-11-41-48(43)52(68)61(51(41)67)42-16-19-46(63)56-49(42)65/h7-8,10-12,14-15,17-18,24,35-37,40,42H,1-6,9,13,16,19-23,25-34H2,(H,54,62)(H,56,63,65)/b18-14+. The number of unbranched alkanes of at least 4 members (excludes halogenated alkanes) is 4. The minimum absolute atomic E-state index is 0.0459. The Hall–Kier alpha value is -6.49. The number of anilines is 1. The van der Waals surface area contributed by atoms with E-state index in [0.717, 1.165) is 139 Å². The van der Waals surface area contributed by atoms with Crippen molar-refractivity contribution in [2.75, 3.05) is 70.4 Å². The van der Waals surface area contributed by atoms with Gasteiger partial charge >= 0.3 is 0 Å². The number of hydrogen-bond acceptors (Lipinski definition) is 12. The van der Waals surface area contributed by atoms with Gasteiger partial charge in [-0.05, 0) is 99.3 Å². The molecule has 0 aliphatic carbocycles. The number of nitrogens with zero attached hydrogens (tertiary/aromatic N) is 7. The summed E-state index contributed by atoms with van der Waals surface area (Å²) in [5.74, 6) is -0.273. The molecule has 1 unspecified atom stereocenters. The van der Waals surface area contributed by atoms with Gasteiger partial charge in [-0.2, -0.15) is 0 Å². The van der Waals surface area contributed by atoms with E-state index >= 15 is 0 Å². The molecule has 5 aliphatic rings. The van der Waals surface area contributed by atoms with Crippen LogP contribution in [0.5, 0.6) is 5.75 Å². The van der Waals surface area contributed by atoms with Crippen LogP contribution in [0, 0.1) is 5.92 Å². The number of pyridine rings is 2. The van der Waals surface area contributed by atoms with Gasteiger partial charge in [-0.25, -0.2) is 4.98 Å². The Labute approximate surface area is 404 Å². The Bertz CT molecular complexity index is 2340. The van der Waals surface area contributed by atoms with E-state index in [0.29, 0.717) is 42.8 Å². The largest absolute Gasteiger partial charge is 0.493 e. The fourth-order valence-corrected chi connectivity index (χ4v) is 10.3. The molecule has 2 aromatic heterocycles. The number of ether oxygens (including phenoxy) is 1. The molecule has 1 aromatic carbocycles. The molecule has 7 heterocycles. The maximum Gasteiger partial charge on any atom is 0.266 e. The lowest BCUT2D eigenvalue weighted by atomic mass is 9.91. The van der Waals surface area contributed by atoms with Crippen molar-refractivity contribution < 1.29 is 38.3 Å². The molecule has 5 aliphatic heterocycles. The van der Waals surface area contributed by atoms with Gasteiger partial charge in [0.2, 0.25) is 23.6 Å². The zero-order valence-corrected chi connectivity index (χ0v) is 39.5. The maximum absolute atomic E-state index is 13.4. The van der Waals surface area contributed by atoms with Crippen molar-refractivity contribution >= 4 is 53.2 Å². The van der Waals surface area contributed by atoms with Gasteiger partial charge in [0, 0.05) is 102 Å². The zero-order valence-electron chi connectivity index (χ0n) is 39.5. The number of nitrogens with one attached hydrogen (secondary N) is 2. The molecule has 4 saturated heterocycles. The molecule has 0 saturated carbocycles. The van der Waals surface area contributed by atoms with E-state index in [1.807, 2.05) is 34.1 Å². The first-order chi connectivity index (χ1) is 33.6. The lowest BCUT2D eigenvalue weighted by Crippen LogP contribution is -2.54. The molecule has 17 heteroatoms. The van der Waals surface area contributed by atoms with E-state index in [4.69, 9.17) is 9.72 Å². The fourth-order valence-electron chi connectivity index (χ4n) is 10.3. The maximum atomic E-state index is 13.4. The summed E-state index contributed by atoms with van der Waals surface area (Å²) in [7, 11) is 0. The number of rotatable bonds is 19. The molecule has 366 valence electrons. The third-order valence-corrected chi connectivity index (χ3v) is 14.3. The Morgan fingerprint density at radius 3 is 2.30 bits per heavy atom. The van der Waals surface area contributed by atoms with Gasteiger partial charge in [-0.15, -0.1) is 0 Å². The second-order valence-electron chi connectivity index (χ2n) is 18.8. The first-order valence-electron chi connectivity index (χ1n) is 25.0. The quantitative estimate of drug-likeness (QED) is 0.0943. The van der Waals surface area contributed by atoms with Crippen LogP contribution in [0.25, 0.3) is 6.08 Å². The average molecular weight is 944 g/mol. The minimum Gasteiger partial charge on any atom is -0.493 e. The first-order valence-corrected chi connectivity index (χ1v) is 25.0. The molecule has 4 fully saturated rings. The molecule has 0 radical (unpaired) electrons. The summed E-state index contributed by atoms with van der Waals surface area (Å²) in [6.07, 6.45) is 19.5. The zero-order chi connectivity index (χ0) is 48.1. The highest BCUT2D eigenvalue weighted by molar-refractivity contribution is 6.24. The molecule has 7 amide bonds. The van der Waals surface area contributed by atoms with Gasteiger partial charge in [0.1, 0.15) is 17.6 Å². The van der Waals surface area contributed by atoms with Gasteiger partial charge in [0.25, 0.3) is 17.7 Å². The van der Waals surface area contributed by atoms with Crippen LogP contribution in [0.3, 0.4) is 0 Å². The summed E-state index contributed by atoms with van der Waals surface area (Å²) < 4.78 is 5.96. The van der Waals surface area contributed by atoms with Crippen LogP contribution in [-0.4, -0.2) is 149 Å². The van der Waals surface area contributed by atoms with Crippen molar-refractivity contribution in [3.63, 3.8) is 0 Å². The predicted octanol–water partition coefficient (Wildman–Crippen LogP) is 4.87. The predicted molar refractivity (Wildman–Crippen MR) is 258 cm³/mol. The number of aromatic nitrogens is 2. The van der Waals surface area contributed by atoms with Gasteiger partial charge in [-0.3, -0.25) is 53.7 Å². The Morgan fingerprint density at radius 2 is 1.57 bits per heavy atom. The van der Waals surface area contributed by atoms with Crippen molar-refractivity contribution in [2.45, 2.75) is 102 Å². The van der Waals surface area contributed by atoms with Crippen molar-refractivity contribution in [3.05, 3.63) is 89.4 Å². The molecular formula is C52H65N9O8. The lowest BCUT2D eigenvalue weighted by molar-refractivity contribution is -0.136. The van der Waals surface area contributed by atoms with Crippen LogP contribution < -0.4 is 20.3 Å². The number of amides is 7. The molecule has 1 atom stereocenters. The fraction of sp³-hybridized carbons (Fsp3) is 0.519. The molecular weight excluding hydrogens is 879 g/mol. The monoisotopic (exact) mass is 943 g/mol. The number of carbonyl (C=O) groups is 7. The van der Waals surface area contributed by atoms with Crippen molar-refractivity contribution in [2.24, 2.45) is 5.92 Å². The van der Waals surface area contributed by atoms with E-state index in [9.17, 15) is 33.6 Å². The molecule has 0 spiro atoms. The van der Waals surface area contributed by atoms with Crippen LogP contribution in [0.15, 0.2) is 67.1 Å². The summed E-state index contributed by atoms with van der Waals surface area (Å²) in [6, 6.07) is 11.9. The van der Waals surface area contributed by atoms with E-state index in [1.165, 1.54) is 0 Å². The summed E-state index contributed by atoms with van der Waals surface area (Å²) in [5.41, 5.74) is 1.87. The molecule has 17 nitrogen and oxygen atoms in total. The topological polar surface area (TPSA) is 195 Å². The number of fused-ring (bicyclic) bond motifs is 1. The number of benzene rings is 1. The van der Waals surface area contributed by atoms with E-state index in [-0.39, 0.29) is 41.7 Å². The average Bonchev–Trinajstić information content (AvgIpc) is 3.64. The number of carbonyl (C=O) groups excluding carboxylic acids is 7. The SMILES string of the molecule is O=C(/C=C/c1cccnc1)NCCCCC1CCN(C(=O)c2ccc(N3CCC(N4CCN(C(=O)CCCCCCOc5cccc6c5C(=O)N(C5CCC(=O)NC5=O)C6=O)CC4)CC3)nc2)CC1. The lowest BCUT2D eigenvalue weighted by Gasteiger charge is -2.43. The van der Waals surface area contributed by atoms with Gasteiger partial charge in [0.15, 0.2) is 0 Å². The van der Waals surface area contributed by atoms with Gasteiger partial charge in [-0.1, -0.05) is 37.8 Å². The highest BCUT2D eigenvalue weighted by Gasteiger charge is 2.46. The van der Waals surface area contributed by atoms with Crippen LogP contribution in [0.1, 0.15) is 127 Å². The Morgan fingerprint density at radius 1 is 0.768 bits per heavy atom. The van der Waals surface area contributed by atoms with Crippen molar-refractivity contribution in [1.82, 2.24) is 40.2 Å². The molecule has 2 N–H and O–H groups in total. The third-order valence-electron chi connectivity index (χ3n) is 14.3. The van der Waals surface area contributed by atoms with Crippen molar-refractivity contribution in [3.8, 4) is 5.75 Å². The van der Waals surface area contributed by atoms with Crippen molar-refractivity contribution in [1.29, 1.82) is 0 Å². The second-order valence-corrected chi connectivity index (χ2v) is 18.8. The number of piperazine rings is 1. The Balaban J connectivity index is 0.658. The molecule has 69 heavy (non-hydrogen) atoms. The highest BCUT2D eigenvalue weighted by atomic mass is 16.5. The van der Waals surface area contributed by atoms with Crippen LogP contribution in [0.2, 0.25) is 0 Å². The summed E-state index contributed by atoms with van der Waals surface area (Å²) >= 11 is 0. The minimum atomic E-state index is -1.03. The van der Waals surface area contributed by atoms with E-state index in [1.54, 1.807) is 48.9 Å². The second kappa shape index (κ2) is 23.7. The number of hydrogen-bond donors (Lipinski definition) is 2. The number of piperidine rings is 3. The summed E-state index contributed by atoms with van der Waals surface area (Å²) in [4.78, 5) is 108. The Kier molecular flexibility index (Phi) is 16.8.